The second kappa shape index (κ2) is 9.94. The van der Waals surface area contributed by atoms with Crippen LogP contribution in [0, 0.1) is 13.8 Å². The summed E-state index contributed by atoms with van der Waals surface area (Å²) in [4.78, 5) is 25.1. The summed E-state index contributed by atoms with van der Waals surface area (Å²) in [7, 11) is -0.886. The van der Waals surface area contributed by atoms with Crippen molar-refractivity contribution in [3.05, 3.63) is 75.8 Å². The molecule has 0 unspecified atom stereocenters. The SMILES string of the molecule is CNS(=O)(=O)c1cc(C(=O)OCC(=O)c2cc(C)n(CCc3ccc(Cl)cc3)c2C)n(C)c1. The van der Waals surface area contributed by atoms with E-state index in [2.05, 4.69) is 9.29 Å². The van der Waals surface area contributed by atoms with Gasteiger partial charge in [-0.2, -0.15) is 0 Å². The summed E-state index contributed by atoms with van der Waals surface area (Å²) < 4.78 is 34.6. The van der Waals surface area contributed by atoms with Crippen molar-refractivity contribution in [3.8, 4) is 0 Å². The van der Waals surface area contributed by atoms with Gasteiger partial charge in [0.05, 0.1) is 0 Å². The molecule has 10 heteroatoms. The van der Waals surface area contributed by atoms with E-state index in [1.807, 2.05) is 38.1 Å². The monoisotopic (exact) mass is 491 g/mol. The molecule has 0 aliphatic carbocycles. The van der Waals surface area contributed by atoms with Crippen molar-refractivity contribution in [3.63, 3.8) is 0 Å². The Balaban J connectivity index is 1.67. The molecule has 2 aromatic heterocycles. The zero-order valence-electron chi connectivity index (χ0n) is 18.9. The quantitative estimate of drug-likeness (QED) is 0.366. The van der Waals surface area contributed by atoms with Gasteiger partial charge in [-0.3, -0.25) is 4.79 Å². The first-order chi connectivity index (χ1) is 15.5. The number of halogens is 1. The smallest absolute Gasteiger partial charge is 0.355 e. The Labute approximate surface area is 198 Å². The summed E-state index contributed by atoms with van der Waals surface area (Å²) in [6.45, 7) is 4.03. The maximum absolute atomic E-state index is 12.8. The van der Waals surface area contributed by atoms with E-state index < -0.39 is 22.6 Å². The third-order valence-corrected chi connectivity index (χ3v) is 7.15. The third kappa shape index (κ3) is 5.55. The Bertz CT molecular complexity index is 1290. The number of ether oxygens (including phenoxy) is 1. The summed E-state index contributed by atoms with van der Waals surface area (Å²) in [5, 5.41) is 0.685. The first kappa shape index (κ1) is 24.8. The zero-order valence-corrected chi connectivity index (χ0v) is 20.5. The van der Waals surface area contributed by atoms with E-state index in [0.717, 1.165) is 23.4 Å². The average molecular weight is 492 g/mol. The van der Waals surface area contributed by atoms with Gasteiger partial charge < -0.3 is 13.9 Å². The maximum atomic E-state index is 12.8. The Kier molecular flexibility index (Phi) is 7.46. The predicted molar refractivity (Wildman–Crippen MR) is 125 cm³/mol. The number of nitrogens with one attached hydrogen (secondary N) is 1. The third-order valence-electron chi connectivity index (χ3n) is 5.51. The fourth-order valence-corrected chi connectivity index (χ4v) is 4.53. The van der Waals surface area contributed by atoms with Crippen molar-refractivity contribution in [2.75, 3.05) is 13.7 Å². The normalized spacial score (nSPS) is 11.5. The van der Waals surface area contributed by atoms with E-state index in [1.54, 1.807) is 6.07 Å². The molecule has 33 heavy (non-hydrogen) atoms. The topological polar surface area (TPSA) is 99.4 Å². The largest absolute Gasteiger partial charge is 0.453 e. The zero-order chi connectivity index (χ0) is 24.3. The fraction of sp³-hybridized carbons (Fsp3) is 0.304. The highest BCUT2D eigenvalue weighted by atomic mass is 35.5. The van der Waals surface area contributed by atoms with Crippen LogP contribution in [0.1, 0.15) is 37.8 Å². The van der Waals surface area contributed by atoms with E-state index in [0.29, 0.717) is 17.1 Å². The summed E-state index contributed by atoms with van der Waals surface area (Å²) in [5.41, 5.74) is 3.38. The van der Waals surface area contributed by atoms with Crippen LogP contribution >= 0.6 is 11.6 Å². The van der Waals surface area contributed by atoms with Crippen LogP contribution in [0.2, 0.25) is 5.02 Å². The van der Waals surface area contributed by atoms with Gasteiger partial charge in [-0.05, 0) is 57.1 Å². The van der Waals surface area contributed by atoms with Gasteiger partial charge in [-0.25, -0.2) is 17.9 Å². The summed E-state index contributed by atoms with van der Waals surface area (Å²) in [6.07, 6.45) is 2.08. The standard InChI is InChI=1S/C23H26ClN3O5S/c1-15-11-20(16(2)27(15)10-9-17-5-7-18(24)8-6-17)22(28)14-32-23(29)21-12-19(13-26(21)4)33(30,31)25-3/h5-8,11-13,25H,9-10,14H2,1-4H3. The van der Waals surface area contributed by atoms with Crippen LogP contribution in [-0.4, -0.2) is 43.0 Å². The Morgan fingerprint density at radius 3 is 2.42 bits per heavy atom. The molecule has 8 nitrogen and oxygen atoms in total. The molecule has 3 aromatic rings. The number of aryl methyl sites for hydroxylation is 3. The van der Waals surface area contributed by atoms with Gasteiger partial charge in [0.15, 0.2) is 6.61 Å². The molecule has 176 valence electrons. The molecule has 0 saturated carbocycles. The highest BCUT2D eigenvalue weighted by Gasteiger charge is 2.22. The Morgan fingerprint density at radius 1 is 1.12 bits per heavy atom. The maximum Gasteiger partial charge on any atom is 0.355 e. The average Bonchev–Trinajstić information content (AvgIpc) is 3.31. The molecule has 0 aliphatic rings. The van der Waals surface area contributed by atoms with Crippen LogP contribution in [0.3, 0.4) is 0 Å². The second-order valence-electron chi connectivity index (χ2n) is 7.69. The first-order valence-corrected chi connectivity index (χ1v) is 12.1. The molecule has 0 spiro atoms. The van der Waals surface area contributed by atoms with Gasteiger partial charge >= 0.3 is 5.97 Å². The fourth-order valence-electron chi connectivity index (χ4n) is 3.60. The van der Waals surface area contributed by atoms with Crippen LogP contribution in [0.15, 0.2) is 47.5 Å². The summed E-state index contributed by atoms with van der Waals surface area (Å²) in [6, 6.07) is 10.6. The number of carbonyl (C=O) groups is 2. The highest BCUT2D eigenvalue weighted by Crippen LogP contribution is 2.19. The lowest BCUT2D eigenvalue weighted by Gasteiger charge is -2.10. The van der Waals surface area contributed by atoms with Crippen LogP contribution in [0.4, 0.5) is 0 Å². The van der Waals surface area contributed by atoms with Crippen molar-refractivity contribution in [2.45, 2.75) is 31.7 Å². The van der Waals surface area contributed by atoms with Gasteiger partial charge in [-0.15, -0.1) is 0 Å². The van der Waals surface area contributed by atoms with E-state index in [1.165, 1.54) is 30.9 Å². The first-order valence-electron chi connectivity index (χ1n) is 10.2. The molecule has 1 aromatic carbocycles. The van der Waals surface area contributed by atoms with Crippen molar-refractivity contribution in [2.24, 2.45) is 7.05 Å². The number of sulfonamides is 1. The van der Waals surface area contributed by atoms with Crippen LogP contribution in [-0.2, 0) is 34.8 Å². The highest BCUT2D eigenvalue weighted by molar-refractivity contribution is 7.89. The Hall–Kier alpha value is -2.88. The minimum absolute atomic E-state index is 0.0325. The van der Waals surface area contributed by atoms with Gasteiger partial charge in [0, 0.05) is 41.8 Å². The van der Waals surface area contributed by atoms with Gasteiger partial charge in [-0.1, -0.05) is 23.7 Å². The molecular formula is C23H26ClN3O5S. The van der Waals surface area contributed by atoms with Crippen molar-refractivity contribution < 1.29 is 22.7 Å². The molecule has 3 rings (SSSR count). The molecule has 2 heterocycles. The van der Waals surface area contributed by atoms with E-state index >= 15 is 0 Å². The molecule has 0 aliphatic heterocycles. The lowest BCUT2D eigenvalue weighted by atomic mass is 10.1. The molecule has 0 atom stereocenters. The van der Waals surface area contributed by atoms with Crippen molar-refractivity contribution >= 4 is 33.4 Å². The van der Waals surface area contributed by atoms with E-state index in [9.17, 15) is 18.0 Å². The van der Waals surface area contributed by atoms with Gasteiger partial charge in [0.25, 0.3) is 0 Å². The molecular weight excluding hydrogens is 466 g/mol. The van der Waals surface area contributed by atoms with Crippen LogP contribution < -0.4 is 4.72 Å². The second-order valence-corrected chi connectivity index (χ2v) is 10.0. The lowest BCUT2D eigenvalue weighted by Crippen LogP contribution is -2.18. The Morgan fingerprint density at radius 2 is 1.79 bits per heavy atom. The molecule has 0 amide bonds. The lowest BCUT2D eigenvalue weighted by molar-refractivity contribution is 0.0465. The number of nitrogens with zero attached hydrogens (tertiary/aromatic N) is 2. The van der Waals surface area contributed by atoms with Crippen LogP contribution in [0.25, 0.3) is 0 Å². The van der Waals surface area contributed by atoms with Crippen molar-refractivity contribution in [1.82, 2.24) is 13.9 Å². The number of hydrogen-bond donors (Lipinski definition) is 1. The molecule has 0 bridgehead atoms. The van der Waals surface area contributed by atoms with Gasteiger partial charge in [0.1, 0.15) is 10.6 Å². The number of hydrogen-bond acceptors (Lipinski definition) is 5. The summed E-state index contributed by atoms with van der Waals surface area (Å²) in [5.74, 6) is -1.11. The minimum atomic E-state index is -3.70. The molecule has 0 fully saturated rings. The van der Waals surface area contributed by atoms with Crippen molar-refractivity contribution in [1.29, 1.82) is 0 Å². The number of Topliss-reactive ketones (excluding diaryl/α,β-unsaturated/α-hetero) is 1. The van der Waals surface area contributed by atoms with E-state index in [4.69, 9.17) is 16.3 Å². The minimum Gasteiger partial charge on any atom is -0.453 e. The number of benzene rings is 1. The molecule has 0 radical (unpaired) electrons. The summed E-state index contributed by atoms with van der Waals surface area (Å²) >= 11 is 5.94. The molecule has 0 saturated heterocycles. The van der Waals surface area contributed by atoms with Crippen LogP contribution in [0.5, 0.6) is 0 Å². The number of rotatable bonds is 9. The number of carbonyl (C=O) groups excluding carboxylic acids is 2. The number of ketones is 1. The molecule has 1 N–H and O–H groups in total. The number of esters is 1. The van der Waals surface area contributed by atoms with E-state index in [-0.39, 0.29) is 16.4 Å². The number of aromatic nitrogens is 2. The predicted octanol–water partition coefficient (Wildman–Crippen LogP) is 3.29. The van der Waals surface area contributed by atoms with Gasteiger partial charge in [0.2, 0.25) is 15.8 Å².